The zero-order valence-electron chi connectivity index (χ0n) is 22.7. The minimum absolute atomic E-state index is 0.292. The summed E-state index contributed by atoms with van der Waals surface area (Å²) in [6.45, 7) is 11.3. The summed E-state index contributed by atoms with van der Waals surface area (Å²) in [5.41, 5.74) is 7.19. The fourth-order valence-corrected chi connectivity index (χ4v) is 4.65. The second-order valence-corrected chi connectivity index (χ2v) is 9.66. The van der Waals surface area contributed by atoms with Gasteiger partial charge in [0.2, 0.25) is 0 Å². The predicted molar refractivity (Wildman–Crippen MR) is 147 cm³/mol. The van der Waals surface area contributed by atoms with Crippen LogP contribution in [0.4, 0.5) is 0 Å². The molecule has 38 heavy (non-hydrogen) atoms. The molecule has 0 saturated heterocycles. The molecule has 0 fully saturated rings. The van der Waals surface area contributed by atoms with Gasteiger partial charge in [0.15, 0.2) is 11.5 Å². The number of phenolic OH excluding ortho intramolecular Hbond substituents is 1. The molecule has 2 aliphatic rings. The van der Waals surface area contributed by atoms with Crippen molar-refractivity contribution in [1.82, 2.24) is 0 Å². The van der Waals surface area contributed by atoms with Crippen LogP contribution in [0.25, 0.3) is 5.57 Å². The Labute approximate surface area is 224 Å². The number of allylic oxidation sites excluding steroid dienone is 3. The lowest BCUT2D eigenvalue weighted by Gasteiger charge is -2.22. The fraction of sp³-hybridized carbons (Fsp3) is 0.419. The van der Waals surface area contributed by atoms with Gasteiger partial charge in [-0.1, -0.05) is 18.2 Å². The van der Waals surface area contributed by atoms with Crippen LogP contribution in [-0.2, 0) is 14.2 Å². The number of benzene rings is 2. The quantitative estimate of drug-likeness (QED) is 0.580. The van der Waals surface area contributed by atoms with Gasteiger partial charge >= 0.3 is 0 Å². The zero-order chi connectivity index (χ0) is 27.1. The average molecular weight is 523 g/mol. The predicted octanol–water partition coefficient (Wildman–Crippen LogP) is 4.90. The number of hydrogen-bond acceptors (Lipinski definition) is 7. The highest BCUT2D eigenvalue weighted by atomic mass is 16.6. The molecule has 204 valence electrons. The molecule has 2 aromatic carbocycles. The van der Waals surface area contributed by atoms with Gasteiger partial charge in [0.1, 0.15) is 19.0 Å². The third kappa shape index (κ3) is 6.85. The first kappa shape index (κ1) is 27.9. The average Bonchev–Trinajstić information content (AvgIpc) is 2.90. The summed E-state index contributed by atoms with van der Waals surface area (Å²) >= 11 is 0. The van der Waals surface area contributed by atoms with Crippen LogP contribution in [0.3, 0.4) is 0 Å². The van der Waals surface area contributed by atoms with E-state index in [1.807, 2.05) is 70.2 Å². The molecule has 0 radical (unpaired) electrons. The summed E-state index contributed by atoms with van der Waals surface area (Å²) in [6.07, 6.45) is 3.44. The number of ether oxygens (including phenoxy) is 5. The molecule has 4 rings (SSSR count). The molecule has 2 N–H and O–H groups in total. The first-order valence-electron chi connectivity index (χ1n) is 13.1. The van der Waals surface area contributed by atoms with E-state index in [0.29, 0.717) is 70.1 Å². The molecule has 1 heterocycles. The van der Waals surface area contributed by atoms with Crippen LogP contribution in [0.5, 0.6) is 17.2 Å². The van der Waals surface area contributed by atoms with Gasteiger partial charge < -0.3 is 33.9 Å². The fourth-order valence-electron chi connectivity index (χ4n) is 4.65. The van der Waals surface area contributed by atoms with Gasteiger partial charge in [-0.3, -0.25) is 0 Å². The van der Waals surface area contributed by atoms with Crippen LogP contribution in [0.2, 0.25) is 0 Å². The summed E-state index contributed by atoms with van der Waals surface area (Å²) in [7, 11) is 0. The number of aliphatic hydroxyl groups is 1. The van der Waals surface area contributed by atoms with Crippen molar-refractivity contribution in [1.29, 1.82) is 0 Å². The Hall–Kier alpha value is -3.10. The van der Waals surface area contributed by atoms with Crippen LogP contribution in [0.1, 0.15) is 36.1 Å². The standard InChI is InChI=1S/C31H38O7/c1-20-15-25(16-21(2)30(20)32)29(26-17-22(3)31(33)23(4)18-26)24-5-6-27-28(19-24)38-14-12-36-10-8-34-7-9-35-11-13-37-27/h5-6,15-19,30,32-33H,7-14H2,1-4H3. The molecule has 7 heteroatoms. The Bertz CT molecular complexity index is 1180. The highest BCUT2D eigenvalue weighted by molar-refractivity contribution is 5.87. The van der Waals surface area contributed by atoms with Crippen molar-refractivity contribution in [2.75, 3.05) is 52.9 Å². The van der Waals surface area contributed by atoms with Crippen LogP contribution < -0.4 is 9.47 Å². The third-order valence-electron chi connectivity index (χ3n) is 6.64. The third-order valence-corrected chi connectivity index (χ3v) is 6.64. The Morgan fingerprint density at radius 3 is 1.71 bits per heavy atom. The van der Waals surface area contributed by atoms with Crippen molar-refractivity contribution in [3.8, 4) is 17.2 Å². The van der Waals surface area contributed by atoms with Crippen LogP contribution >= 0.6 is 0 Å². The van der Waals surface area contributed by atoms with Crippen molar-refractivity contribution >= 4 is 5.57 Å². The molecule has 0 amide bonds. The lowest BCUT2D eigenvalue weighted by molar-refractivity contribution is 0.00708. The summed E-state index contributed by atoms with van der Waals surface area (Å²) in [5, 5.41) is 21.0. The molecule has 2 aromatic rings. The van der Waals surface area contributed by atoms with Gasteiger partial charge in [-0.15, -0.1) is 0 Å². The number of aryl methyl sites for hydroxylation is 2. The number of aromatic hydroxyl groups is 1. The lowest BCUT2D eigenvalue weighted by Crippen LogP contribution is -2.14. The zero-order valence-corrected chi connectivity index (χ0v) is 22.7. The van der Waals surface area contributed by atoms with Gasteiger partial charge in [-0.05, 0) is 96.5 Å². The highest BCUT2D eigenvalue weighted by Crippen LogP contribution is 2.39. The lowest BCUT2D eigenvalue weighted by atomic mass is 9.85. The van der Waals surface area contributed by atoms with Gasteiger partial charge in [-0.2, -0.15) is 0 Å². The van der Waals surface area contributed by atoms with Crippen LogP contribution in [0, 0.1) is 13.8 Å². The van der Waals surface area contributed by atoms with E-state index in [2.05, 4.69) is 0 Å². The van der Waals surface area contributed by atoms with Crippen LogP contribution in [0.15, 0.2) is 59.2 Å². The molecule has 0 atom stereocenters. The highest BCUT2D eigenvalue weighted by Gasteiger charge is 2.20. The summed E-state index contributed by atoms with van der Waals surface area (Å²) < 4.78 is 28.9. The number of aliphatic hydroxyl groups excluding tert-OH is 1. The maximum absolute atomic E-state index is 10.5. The van der Waals surface area contributed by atoms with Crippen molar-refractivity contribution < 1.29 is 33.9 Å². The number of hydrogen-bond donors (Lipinski definition) is 2. The van der Waals surface area contributed by atoms with E-state index in [1.165, 1.54) is 0 Å². The van der Waals surface area contributed by atoms with E-state index in [0.717, 1.165) is 44.5 Å². The second-order valence-electron chi connectivity index (χ2n) is 9.66. The first-order valence-corrected chi connectivity index (χ1v) is 13.1. The molecular weight excluding hydrogens is 484 g/mol. The summed E-state index contributed by atoms with van der Waals surface area (Å²) in [5.74, 6) is 1.53. The summed E-state index contributed by atoms with van der Waals surface area (Å²) in [6, 6.07) is 9.88. The molecule has 0 unspecified atom stereocenters. The Kier molecular flexibility index (Phi) is 9.63. The molecular formula is C31H38O7. The monoisotopic (exact) mass is 522 g/mol. The number of rotatable bonds is 2. The molecule has 0 saturated carbocycles. The van der Waals surface area contributed by atoms with E-state index < -0.39 is 6.10 Å². The van der Waals surface area contributed by atoms with E-state index in [4.69, 9.17) is 23.7 Å². The maximum Gasteiger partial charge on any atom is 0.161 e. The minimum atomic E-state index is -0.596. The van der Waals surface area contributed by atoms with Crippen molar-refractivity contribution in [2.24, 2.45) is 0 Å². The molecule has 0 spiro atoms. The van der Waals surface area contributed by atoms with Gasteiger partial charge in [-0.25, -0.2) is 0 Å². The molecule has 0 bridgehead atoms. The van der Waals surface area contributed by atoms with Crippen molar-refractivity contribution in [3.63, 3.8) is 0 Å². The Morgan fingerprint density at radius 1 is 0.658 bits per heavy atom. The Balaban J connectivity index is 1.78. The van der Waals surface area contributed by atoms with E-state index >= 15 is 0 Å². The second kappa shape index (κ2) is 13.1. The van der Waals surface area contributed by atoms with Gasteiger partial charge in [0, 0.05) is 0 Å². The topological polar surface area (TPSA) is 86.6 Å². The molecule has 1 aliphatic carbocycles. The summed E-state index contributed by atoms with van der Waals surface area (Å²) in [4.78, 5) is 0. The van der Waals surface area contributed by atoms with Crippen LogP contribution in [-0.4, -0.2) is 69.2 Å². The normalized spacial score (nSPS) is 19.6. The first-order chi connectivity index (χ1) is 18.3. The Morgan fingerprint density at radius 2 is 1.16 bits per heavy atom. The number of phenols is 1. The molecule has 7 nitrogen and oxygen atoms in total. The van der Waals surface area contributed by atoms with E-state index in [-0.39, 0.29) is 0 Å². The van der Waals surface area contributed by atoms with Gasteiger partial charge in [0.25, 0.3) is 0 Å². The van der Waals surface area contributed by atoms with E-state index in [1.54, 1.807) is 0 Å². The molecule has 0 aromatic heterocycles. The van der Waals surface area contributed by atoms with Crippen molar-refractivity contribution in [2.45, 2.75) is 33.8 Å². The smallest absolute Gasteiger partial charge is 0.161 e. The molecule has 1 aliphatic heterocycles. The number of fused-ring (bicyclic) bond motifs is 1. The SMILES string of the molecule is CC1=CC(=C(c2cc(C)c(O)c(C)c2)c2ccc3c(c2)OCCOCCOCCOCCO3)C=C(C)C1O. The minimum Gasteiger partial charge on any atom is -0.507 e. The largest absolute Gasteiger partial charge is 0.507 e. The maximum atomic E-state index is 10.5. The van der Waals surface area contributed by atoms with Gasteiger partial charge in [0.05, 0.1) is 45.7 Å². The van der Waals surface area contributed by atoms with Crippen molar-refractivity contribution in [3.05, 3.63) is 81.5 Å². The van der Waals surface area contributed by atoms with E-state index in [9.17, 15) is 10.2 Å².